The molecule has 4 nitrogen and oxygen atoms in total. The Morgan fingerprint density at radius 1 is 1.31 bits per heavy atom. The molecule has 1 aromatic rings. The smallest absolute Gasteiger partial charge is 0.163 e. The molecule has 1 rings (SSSR count). The standard InChI is InChI=1S/C10H13BrO4S/c1-15-8-5-3-7(4-6-8)9(12)10(11)16(2,13)14/h3-6,9-10,12H,1-2H3/t9-,10-/m0/s1. The summed E-state index contributed by atoms with van der Waals surface area (Å²) in [5.74, 6) is 0.654. The van der Waals surface area contributed by atoms with Crippen molar-refractivity contribution in [1.82, 2.24) is 0 Å². The summed E-state index contributed by atoms with van der Waals surface area (Å²) in [5, 5.41) is 9.82. The highest BCUT2D eigenvalue weighted by atomic mass is 79.9. The highest BCUT2D eigenvalue weighted by molar-refractivity contribution is 9.11. The number of benzene rings is 1. The van der Waals surface area contributed by atoms with Crippen molar-refractivity contribution in [3.05, 3.63) is 29.8 Å². The van der Waals surface area contributed by atoms with Crippen molar-refractivity contribution in [2.75, 3.05) is 13.4 Å². The molecule has 0 aliphatic rings. The van der Waals surface area contributed by atoms with Crippen LogP contribution >= 0.6 is 15.9 Å². The predicted molar refractivity (Wildman–Crippen MR) is 65.5 cm³/mol. The lowest BCUT2D eigenvalue weighted by atomic mass is 10.1. The van der Waals surface area contributed by atoms with Crippen molar-refractivity contribution in [1.29, 1.82) is 0 Å². The van der Waals surface area contributed by atoms with E-state index >= 15 is 0 Å². The molecule has 2 atom stereocenters. The molecule has 0 aliphatic carbocycles. The molecule has 0 fully saturated rings. The van der Waals surface area contributed by atoms with Gasteiger partial charge in [-0.05, 0) is 17.7 Å². The highest BCUT2D eigenvalue weighted by Gasteiger charge is 2.27. The summed E-state index contributed by atoms with van der Waals surface area (Å²) >= 11 is 2.97. The predicted octanol–water partition coefficient (Wildman–Crippen LogP) is 1.49. The van der Waals surface area contributed by atoms with Crippen LogP contribution in [0.3, 0.4) is 0 Å². The van der Waals surface area contributed by atoms with E-state index in [0.717, 1.165) is 6.26 Å². The lowest BCUT2D eigenvalue weighted by Crippen LogP contribution is -2.21. The first-order valence-corrected chi connectivity index (χ1v) is 7.38. The molecule has 0 unspecified atom stereocenters. The van der Waals surface area contributed by atoms with Gasteiger partial charge in [-0.3, -0.25) is 0 Å². The van der Waals surface area contributed by atoms with Crippen LogP contribution in [-0.4, -0.2) is 31.0 Å². The van der Waals surface area contributed by atoms with E-state index in [2.05, 4.69) is 15.9 Å². The maximum absolute atomic E-state index is 11.2. The largest absolute Gasteiger partial charge is 0.497 e. The molecular weight excluding hydrogens is 296 g/mol. The number of hydrogen-bond acceptors (Lipinski definition) is 4. The molecule has 90 valence electrons. The van der Waals surface area contributed by atoms with Gasteiger partial charge in [-0.1, -0.05) is 28.1 Å². The summed E-state index contributed by atoms with van der Waals surface area (Å²) in [6.45, 7) is 0. The lowest BCUT2D eigenvalue weighted by molar-refractivity contribution is 0.195. The Balaban J connectivity index is 2.92. The number of ether oxygens (including phenoxy) is 1. The topological polar surface area (TPSA) is 63.6 Å². The number of aliphatic hydroxyl groups excluding tert-OH is 1. The quantitative estimate of drug-likeness (QED) is 0.856. The van der Waals surface area contributed by atoms with Crippen molar-refractivity contribution in [3.63, 3.8) is 0 Å². The molecule has 0 amide bonds. The number of aliphatic hydroxyl groups is 1. The van der Waals surface area contributed by atoms with E-state index in [1.54, 1.807) is 24.3 Å². The normalized spacial score (nSPS) is 15.5. The monoisotopic (exact) mass is 308 g/mol. The summed E-state index contributed by atoms with van der Waals surface area (Å²) in [6.07, 6.45) is -0.0278. The van der Waals surface area contributed by atoms with Gasteiger partial charge in [0.25, 0.3) is 0 Å². The van der Waals surface area contributed by atoms with Gasteiger partial charge in [-0.15, -0.1) is 0 Å². The van der Waals surface area contributed by atoms with Crippen molar-refractivity contribution in [2.45, 2.75) is 10.3 Å². The van der Waals surface area contributed by atoms with Crippen LogP contribution < -0.4 is 4.74 Å². The molecule has 16 heavy (non-hydrogen) atoms. The Bertz CT molecular complexity index is 440. The third kappa shape index (κ3) is 3.20. The maximum Gasteiger partial charge on any atom is 0.163 e. The third-order valence-corrected chi connectivity index (χ3v) is 5.73. The second-order valence-corrected chi connectivity index (χ2v) is 7.16. The molecule has 0 aromatic heterocycles. The molecule has 6 heteroatoms. The van der Waals surface area contributed by atoms with Crippen LogP contribution in [0.1, 0.15) is 11.7 Å². The average Bonchev–Trinajstić information content (AvgIpc) is 2.26. The van der Waals surface area contributed by atoms with E-state index in [0.29, 0.717) is 11.3 Å². The van der Waals surface area contributed by atoms with Gasteiger partial charge < -0.3 is 9.84 Å². The molecule has 0 spiro atoms. The van der Waals surface area contributed by atoms with E-state index in [9.17, 15) is 13.5 Å². The summed E-state index contributed by atoms with van der Waals surface area (Å²) in [4.78, 5) is 0. The molecule has 0 aliphatic heterocycles. The summed E-state index contributed by atoms with van der Waals surface area (Å²) in [6, 6.07) is 6.59. The number of halogens is 1. The minimum Gasteiger partial charge on any atom is -0.497 e. The highest BCUT2D eigenvalue weighted by Crippen LogP contribution is 2.27. The van der Waals surface area contributed by atoms with E-state index in [4.69, 9.17) is 4.74 Å². The van der Waals surface area contributed by atoms with Gasteiger partial charge in [0.05, 0.1) is 7.11 Å². The van der Waals surface area contributed by atoms with Crippen molar-refractivity contribution >= 4 is 25.8 Å². The zero-order valence-corrected chi connectivity index (χ0v) is 11.3. The first-order chi connectivity index (χ1) is 7.36. The van der Waals surface area contributed by atoms with Crippen LogP contribution in [0.25, 0.3) is 0 Å². The fraction of sp³-hybridized carbons (Fsp3) is 0.400. The van der Waals surface area contributed by atoms with E-state index in [1.165, 1.54) is 7.11 Å². The van der Waals surface area contributed by atoms with E-state index < -0.39 is 20.1 Å². The van der Waals surface area contributed by atoms with Crippen LogP contribution in [0.15, 0.2) is 24.3 Å². The third-order valence-electron chi connectivity index (χ3n) is 2.11. The molecule has 0 saturated heterocycles. The van der Waals surface area contributed by atoms with Crippen molar-refractivity contribution in [2.24, 2.45) is 0 Å². The van der Waals surface area contributed by atoms with Crippen molar-refractivity contribution < 1.29 is 18.3 Å². The number of methoxy groups -OCH3 is 1. The van der Waals surface area contributed by atoms with Gasteiger partial charge in [0.1, 0.15) is 16.0 Å². The molecular formula is C10H13BrO4S. The van der Waals surface area contributed by atoms with Gasteiger partial charge in [0, 0.05) is 6.26 Å². The van der Waals surface area contributed by atoms with Gasteiger partial charge in [0.15, 0.2) is 9.84 Å². The van der Waals surface area contributed by atoms with Crippen LogP contribution in [0.5, 0.6) is 5.75 Å². The fourth-order valence-electron chi connectivity index (χ4n) is 1.19. The minimum atomic E-state index is -3.33. The molecule has 0 heterocycles. The van der Waals surface area contributed by atoms with Crippen LogP contribution in [-0.2, 0) is 9.84 Å². The molecule has 1 aromatic carbocycles. The molecule has 0 bridgehead atoms. The first kappa shape index (κ1) is 13.5. The van der Waals surface area contributed by atoms with Gasteiger partial charge in [-0.25, -0.2) is 8.42 Å². The minimum absolute atomic E-state index is 0.521. The summed E-state index contributed by atoms with van der Waals surface area (Å²) < 4.78 is 26.4. The number of hydrogen-bond donors (Lipinski definition) is 1. The average molecular weight is 309 g/mol. The van der Waals surface area contributed by atoms with Crippen LogP contribution in [0.4, 0.5) is 0 Å². The van der Waals surface area contributed by atoms with Crippen LogP contribution in [0, 0.1) is 0 Å². The number of alkyl halides is 1. The second-order valence-electron chi connectivity index (χ2n) is 3.40. The SMILES string of the molecule is COc1ccc([C@H](O)[C@@H](Br)S(C)(=O)=O)cc1. The maximum atomic E-state index is 11.2. The first-order valence-electron chi connectivity index (χ1n) is 4.51. The summed E-state index contributed by atoms with van der Waals surface area (Å²) in [7, 11) is -1.79. The fourth-order valence-corrected chi connectivity index (χ4v) is 2.12. The van der Waals surface area contributed by atoms with E-state index in [-0.39, 0.29) is 0 Å². The molecule has 1 N–H and O–H groups in total. The van der Waals surface area contributed by atoms with Gasteiger partial charge in [0.2, 0.25) is 0 Å². The Hall–Kier alpha value is -0.590. The zero-order chi connectivity index (χ0) is 12.3. The van der Waals surface area contributed by atoms with E-state index in [1.807, 2.05) is 0 Å². The zero-order valence-electron chi connectivity index (χ0n) is 8.92. The van der Waals surface area contributed by atoms with Gasteiger partial charge in [-0.2, -0.15) is 0 Å². The lowest BCUT2D eigenvalue weighted by Gasteiger charge is -2.16. The molecule has 0 radical (unpaired) electrons. The Kier molecular flexibility index (Phi) is 4.35. The van der Waals surface area contributed by atoms with Crippen LogP contribution in [0.2, 0.25) is 0 Å². The molecule has 0 saturated carbocycles. The van der Waals surface area contributed by atoms with Crippen molar-refractivity contribution in [3.8, 4) is 5.75 Å². The van der Waals surface area contributed by atoms with Gasteiger partial charge >= 0.3 is 0 Å². The Morgan fingerprint density at radius 2 is 1.81 bits per heavy atom. The second kappa shape index (κ2) is 5.16. The summed E-state index contributed by atoms with van der Waals surface area (Å²) in [5.41, 5.74) is 0.521. The number of sulfone groups is 1. The Labute approximate surface area is 103 Å². The number of rotatable bonds is 4. The Morgan fingerprint density at radius 3 is 2.19 bits per heavy atom.